The smallest absolute Gasteiger partial charge is 0.238 e. The maximum atomic E-state index is 11.1. The van der Waals surface area contributed by atoms with Crippen LogP contribution < -0.4 is 10.9 Å². The fourth-order valence-corrected chi connectivity index (χ4v) is 1.97. The minimum Gasteiger partial charge on any atom is -0.460 e. The minimum absolute atomic E-state index is 0. The number of halogens is 1. The Bertz CT molecular complexity index is 620. The molecule has 0 fully saturated rings. The maximum absolute atomic E-state index is 11.1. The van der Waals surface area contributed by atoms with Gasteiger partial charge in [-0.05, 0) is 36.4 Å². The van der Waals surface area contributed by atoms with Gasteiger partial charge in [-0.25, -0.2) is 13.6 Å². The van der Waals surface area contributed by atoms with Crippen LogP contribution in [0.15, 0.2) is 45.7 Å². The van der Waals surface area contributed by atoms with Crippen molar-refractivity contribution in [2.24, 2.45) is 10.9 Å². The molecule has 0 unspecified atom stereocenters. The highest BCUT2D eigenvalue weighted by atomic mass is 35.5. The third kappa shape index (κ3) is 3.11. The average Bonchev–Trinajstić information content (AvgIpc) is 2.76. The lowest BCUT2D eigenvalue weighted by atomic mass is 10.2. The van der Waals surface area contributed by atoms with Crippen LogP contribution in [0.5, 0.6) is 0 Å². The standard InChI is InChI=1S/C11H12N2O3S.ClH/c12-7-9-3-6-11(16-9)8-1-4-10(5-2-8)17(13,14)15;/h1-6H,7,12H2,(H2,13,14,15);1H. The molecule has 4 N–H and O–H groups in total. The quantitative estimate of drug-likeness (QED) is 0.893. The van der Waals surface area contributed by atoms with E-state index >= 15 is 0 Å². The zero-order valence-corrected chi connectivity index (χ0v) is 11.0. The van der Waals surface area contributed by atoms with Crippen molar-refractivity contribution in [3.05, 3.63) is 42.2 Å². The van der Waals surface area contributed by atoms with Crippen LogP contribution in [-0.2, 0) is 16.6 Å². The number of hydrogen-bond donors (Lipinski definition) is 2. The molecule has 0 saturated carbocycles. The van der Waals surface area contributed by atoms with Crippen LogP contribution in [0.2, 0.25) is 0 Å². The lowest BCUT2D eigenvalue weighted by molar-refractivity contribution is 0.525. The fraction of sp³-hybridized carbons (Fsp3) is 0.0909. The van der Waals surface area contributed by atoms with Gasteiger partial charge >= 0.3 is 0 Å². The van der Waals surface area contributed by atoms with Crippen LogP contribution in [0.3, 0.4) is 0 Å². The summed E-state index contributed by atoms with van der Waals surface area (Å²) in [5, 5.41) is 5.00. The SMILES string of the molecule is Cl.NCc1ccc(-c2ccc(S(N)(=O)=O)cc2)o1. The minimum atomic E-state index is -3.65. The number of rotatable bonds is 3. The molecule has 0 radical (unpaired) electrons. The second kappa shape index (κ2) is 5.53. The van der Waals surface area contributed by atoms with Gasteiger partial charge in [-0.3, -0.25) is 0 Å². The first-order valence-electron chi connectivity index (χ1n) is 4.93. The topological polar surface area (TPSA) is 99.3 Å². The monoisotopic (exact) mass is 288 g/mol. The van der Waals surface area contributed by atoms with E-state index in [2.05, 4.69) is 0 Å². The van der Waals surface area contributed by atoms with E-state index in [1.54, 1.807) is 24.3 Å². The van der Waals surface area contributed by atoms with Crippen LogP contribution in [-0.4, -0.2) is 8.42 Å². The zero-order valence-electron chi connectivity index (χ0n) is 9.37. The largest absolute Gasteiger partial charge is 0.460 e. The van der Waals surface area contributed by atoms with E-state index in [-0.39, 0.29) is 17.3 Å². The molecule has 0 aliphatic heterocycles. The normalized spacial score (nSPS) is 11.0. The first-order chi connectivity index (χ1) is 8.00. The first kappa shape index (κ1) is 14.7. The molecule has 2 rings (SSSR count). The number of primary sulfonamides is 1. The molecule has 0 amide bonds. The summed E-state index contributed by atoms with van der Waals surface area (Å²) in [6.07, 6.45) is 0. The Morgan fingerprint density at radius 1 is 1.06 bits per heavy atom. The third-order valence-corrected chi connectivity index (χ3v) is 3.26. The Labute approximate surface area is 111 Å². The summed E-state index contributed by atoms with van der Waals surface area (Å²) in [5.74, 6) is 1.32. The number of benzene rings is 1. The van der Waals surface area contributed by atoms with Gasteiger partial charge in [-0.15, -0.1) is 12.4 Å². The summed E-state index contributed by atoms with van der Waals surface area (Å²) in [4.78, 5) is 0.0758. The number of furan rings is 1. The molecule has 1 aromatic carbocycles. The lowest BCUT2D eigenvalue weighted by Gasteiger charge is -2.00. The van der Waals surface area contributed by atoms with Crippen molar-refractivity contribution in [3.63, 3.8) is 0 Å². The van der Waals surface area contributed by atoms with Crippen molar-refractivity contribution in [2.75, 3.05) is 0 Å². The van der Waals surface area contributed by atoms with Gasteiger partial charge < -0.3 is 10.2 Å². The second-order valence-electron chi connectivity index (χ2n) is 3.54. The summed E-state index contributed by atoms with van der Waals surface area (Å²) in [5.41, 5.74) is 6.21. The molecule has 0 spiro atoms. The van der Waals surface area contributed by atoms with Gasteiger partial charge in [0.1, 0.15) is 11.5 Å². The zero-order chi connectivity index (χ0) is 12.5. The van der Waals surface area contributed by atoms with Crippen molar-refractivity contribution in [3.8, 4) is 11.3 Å². The average molecular weight is 289 g/mol. The Balaban J connectivity index is 0.00000162. The molecule has 98 valence electrons. The Kier molecular flexibility index (Phi) is 4.53. The van der Waals surface area contributed by atoms with Gasteiger partial charge in [-0.2, -0.15) is 0 Å². The summed E-state index contributed by atoms with van der Waals surface area (Å²) < 4.78 is 27.6. The molecule has 0 atom stereocenters. The number of nitrogens with two attached hydrogens (primary N) is 2. The second-order valence-corrected chi connectivity index (χ2v) is 5.10. The molecule has 2 aromatic rings. The highest BCUT2D eigenvalue weighted by molar-refractivity contribution is 7.89. The molecule has 18 heavy (non-hydrogen) atoms. The van der Waals surface area contributed by atoms with Gasteiger partial charge in [0.15, 0.2) is 0 Å². The van der Waals surface area contributed by atoms with Gasteiger partial charge in [0.2, 0.25) is 10.0 Å². The summed E-state index contributed by atoms with van der Waals surface area (Å²) in [7, 11) is -3.65. The number of sulfonamides is 1. The van der Waals surface area contributed by atoms with Crippen molar-refractivity contribution >= 4 is 22.4 Å². The molecule has 7 heteroatoms. The first-order valence-corrected chi connectivity index (χ1v) is 6.47. The molecule has 0 aliphatic rings. The fourth-order valence-electron chi connectivity index (χ4n) is 1.45. The molecule has 0 aliphatic carbocycles. The van der Waals surface area contributed by atoms with E-state index in [1.807, 2.05) is 0 Å². The van der Waals surface area contributed by atoms with Gasteiger partial charge in [0.25, 0.3) is 0 Å². The van der Waals surface area contributed by atoms with Gasteiger partial charge in [0.05, 0.1) is 11.4 Å². The predicted octanol–water partition coefficient (Wildman–Crippen LogP) is 1.47. The summed E-state index contributed by atoms with van der Waals surface area (Å²) in [6, 6.07) is 9.72. The van der Waals surface area contributed by atoms with Crippen molar-refractivity contribution < 1.29 is 12.8 Å². The molecular weight excluding hydrogens is 276 g/mol. The highest BCUT2D eigenvalue weighted by Gasteiger charge is 2.09. The van der Waals surface area contributed by atoms with Crippen LogP contribution in [0, 0.1) is 0 Å². The predicted molar refractivity (Wildman–Crippen MR) is 70.7 cm³/mol. The molecular formula is C11H13ClN2O3S. The van der Waals surface area contributed by atoms with E-state index in [0.29, 0.717) is 18.1 Å². The van der Waals surface area contributed by atoms with E-state index in [1.165, 1.54) is 12.1 Å². The van der Waals surface area contributed by atoms with E-state index in [0.717, 1.165) is 5.56 Å². The van der Waals surface area contributed by atoms with Gasteiger partial charge in [-0.1, -0.05) is 0 Å². The van der Waals surface area contributed by atoms with Gasteiger partial charge in [0, 0.05) is 5.56 Å². The third-order valence-electron chi connectivity index (χ3n) is 2.33. The van der Waals surface area contributed by atoms with E-state index < -0.39 is 10.0 Å². The van der Waals surface area contributed by atoms with E-state index in [9.17, 15) is 8.42 Å². The van der Waals surface area contributed by atoms with Crippen LogP contribution >= 0.6 is 12.4 Å². The van der Waals surface area contributed by atoms with Crippen LogP contribution in [0.25, 0.3) is 11.3 Å². The Morgan fingerprint density at radius 2 is 1.67 bits per heavy atom. The number of hydrogen-bond acceptors (Lipinski definition) is 4. The maximum Gasteiger partial charge on any atom is 0.238 e. The van der Waals surface area contributed by atoms with Crippen LogP contribution in [0.4, 0.5) is 0 Å². The molecule has 5 nitrogen and oxygen atoms in total. The summed E-state index contributed by atoms with van der Waals surface area (Å²) in [6.45, 7) is 0.329. The highest BCUT2D eigenvalue weighted by Crippen LogP contribution is 2.23. The van der Waals surface area contributed by atoms with Crippen molar-refractivity contribution in [1.29, 1.82) is 0 Å². The Hall–Kier alpha value is -1.34. The summed E-state index contributed by atoms with van der Waals surface area (Å²) >= 11 is 0. The van der Waals surface area contributed by atoms with Crippen molar-refractivity contribution in [1.82, 2.24) is 0 Å². The Morgan fingerprint density at radius 3 is 2.11 bits per heavy atom. The molecule has 1 aromatic heterocycles. The molecule has 1 heterocycles. The van der Waals surface area contributed by atoms with Crippen molar-refractivity contribution in [2.45, 2.75) is 11.4 Å². The molecule has 0 bridgehead atoms. The van der Waals surface area contributed by atoms with E-state index in [4.69, 9.17) is 15.3 Å². The molecule has 0 saturated heterocycles. The van der Waals surface area contributed by atoms with Crippen LogP contribution in [0.1, 0.15) is 5.76 Å². The lowest BCUT2D eigenvalue weighted by Crippen LogP contribution is -2.11.